The van der Waals surface area contributed by atoms with E-state index < -0.39 is 0 Å². The van der Waals surface area contributed by atoms with Crippen molar-refractivity contribution in [1.82, 2.24) is 10.6 Å². The van der Waals surface area contributed by atoms with Gasteiger partial charge in [-0.25, -0.2) is 4.99 Å². The molecule has 0 aliphatic heterocycles. The molecule has 24 heavy (non-hydrogen) atoms. The molecule has 0 unspecified atom stereocenters. The first-order chi connectivity index (χ1) is 11.7. The summed E-state index contributed by atoms with van der Waals surface area (Å²) in [7, 11) is 4.84. The first-order valence-electron chi connectivity index (χ1n) is 8.08. The standard InChI is InChI=1S/C17H29N3O4/c1-6-18-17(19-8-9-24-7-2)20-12-14-15(22-4)10-13(21-3)11-16(14)23-5/h10-11H,6-9,12H2,1-5H3,(H2,18,19,20). The topological polar surface area (TPSA) is 73.3 Å². The highest BCUT2D eigenvalue weighted by Crippen LogP contribution is 2.34. The van der Waals surface area contributed by atoms with E-state index in [-0.39, 0.29) is 0 Å². The zero-order valence-corrected chi connectivity index (χ0v) is 15.3. The third-order valence-corrected chi connectivity index (χ3v) is 3.30. The van der Waals surface area contributed by atoms with E-state index in [0.29, 0.717) is 43.6 Å². The molecule has 0 saturated heterocycles. The molecular formula is C17H29N3O4. The molecule has 0 saturated carbocycles. The summed E-state index contributed by atoms with van der Waals surface area (Å²) in [6, 6.07) is 3.64. The largest absolute Gasteiger partial charge is 0.496 e. The van der Waals surface area contributed by atoms with Crippen LogP contribution in [0.5, 0.6) is 17.2 Å². The van der Waals surface area contributed by atoms with Crippen LogP contribution >= 0.6 is 0 Å². The number of rotatable bonds is 10. The first-order valence-corrected chi connectivity index (χ1v) is 8.08. The van der Waals surface area contributed by atoms with E-state index in [1.54, 1.807) is 21.3 Å². The van der Waals surface area contributed by atoms with Gasteiger partial charge in [0.1, 0.15) is 17.2 Å². The highest BCUT2D eigenvalue weighted by Gasteiger charge is 2.13. The summed E-state index contributed by atoms with van der Waals surface area (Å²) in [4.78, 5) is 4.59. The summed E-state index contributed by atoms with van der Waals surface area (Å²) >= 11 is 0. The highest BCUT2D eigenvalue weighted by atomic mass is 16.5. The molecule has 1 aromatic carbocycles. The minimum Gasteiger partial charge on any atom is -0.496 e. The van der Waals surface area contributed by atoms with Crippen LogP contribution in [0, 0.1) is 0 Å². The fraction of sp³-hybridized carbons (Fsp3) is 0.588. The Balaban J connectivity index is 2.90. The molecule has 0 bridgehead atoms. The van der Waals surface area contributed by atoms with Gasteiger partial charge in [0.05, 0.1) is 40.0 Å². The van der Waals surface area contributed by atoms with Crippen LogP contribution in [0.15, 0.2) is 17.1 Å². The van der Waals surface area contributed by atoms with E-state index in [9.17, 15) is 0 Å². The second-order valence-electron chi connectivity index (χ2n) is 4.83. The number of methoxy groups -OCH3 is 3. The van der Waals surface area contributed by atoms with Gasteiger partial charge in [-0.3, -0.25) is 0 Å². The third kappa shape index (κ3) is 6.16. The van der Waals surface area contributed by atoms with Gasteiger partial charge in [0.25, 0.3) is 0 Å². The van der Waals surface area contributed by atoms with Crippen molar-refractivity contribution in [1.29, 1.82) is 0 Å². The van der Waals surface area contributed by atoms with Crippen LogP contribution in [0.25, 0.3) is 0 Å². The zero-order valence-electron chi connectivity index (χ0n) is 15.3. The van der Waals surface area contributed by atoms with E-state index in [2.05, 4.69) is 15.6 Å². The Kier molecular flexibility index (Phi) is 9.45. The predicted octanol–water partition coefficient (Wildman–Crippen LogP) is 1.80. The quantitative estimate of drug-likeness (QED) is 0.385. The number of guanidine groups is 1. The van der Waals surface area contributed by atoms with Crippen LogP contribution < -0.4 is 24.8 Å². The molecule has 0 fully saturated rings. The number of nitrogens with zero attached hydrogens (tertiary/aromatic N) is 1. The van der Waals surface area contributed by atoms with Gasteiger partial charge < -0.3 is 29.6 Å². The van der Waals surface area contributed by atoms with Gasteiger partial charge in [-0.2, -0.15) is 0 Å². The average Bonchev–Trinajstić information content (AvgIpc) is 2.62. The fourth-order valence-corrected chi connectivity index (χ4v) is 2.12. The predicted molar refractivity (Wildman–Crippen MR) is 95.4 cm³/mol. The van der Waals surface area contributed by atoms with E-state index in [1.165, 1.54) is 0 Å². The summed E-state index contributed by atoms with van der Waals surface area (Å²) in [6.07, 6.45) is 0. The molecule has 7 heteroatoms. The monoisotopic (exact) mass is 339 g/mol. The Morgan fingerprint density at radius 1 is 1.00 bits per heavy atom. The minimum absolute atomic E-state index is 0.417. The van der Waals surface area contributed by atoms with E-state index in [1.807, 2.05) is 26.0 Å². The molecule has 0 aliphatic carbocycles. The number of hydrogen-bond donors (Lipinski definition) is 2. The van der Waals surface area contributed by atoms with Crippen molar-refractivity contribution in [3.63, 3.8) is 0 Å². The number of aliphatic imine (C=N–C) groups is 1. The second-order valence-corrected chi connectivity index (χ2v) is 4.83. The molecule has 0 spiro atoms. The lowest BCUT2D eigenvalue weighted by atomic mass is 10.1. The SMILES string of the molecule is CCNC(=NCc1c(OC)cc(OC)cc1OC)NCCOCC. The van der Waals surface area contributed by atoms with Crippen molar-refractivity contribution in [3.05, 3.63) is 17.7 Å². The average molecular weight is 339 g/mol. The Bertz CT molecular complexity index is 496. The Morgan fingerprint density at radius 3 is 2.17 bits per heavy atom. The lowest BCUT2D eigenvalue weighted by Crippen LogP contribution is -2.39. The maximum atomic E-state index is 5.45. The van der Waals surface area contributed by atoms with Crippen molar-refractivity contribution < 1.29 is 18.9 Å². The summed E-state index contributed by atoms with van der Waals surface area (Å²) in [5, 5.41) is 6.44. The van der Waals surface area contributed by atoms with Crippen LogP contribution in [-0.2, 0) is 11.3 Å². The van der Waals surface area contributed by atoms with Gasteiger partial charge in [-0.05, 0) is 13.8 Å². The molecule has 1 rings (SSSR count). The van der Waals surface area contributed by atoms with Crippen molar-refractivity contribution in [2.75, 3.05) is 47.6 Å². The third-order valence-electron chi connectivity index (χ3n) is 3.30. The number of benzene rings is 1. The normalized spacial score (nSPS) is 11.1. The van der Waals surface area contributed by atoms with Gasteiger partial charge >= 0.3 is 0 Å². The molecule has 1 aromatic rings. The molecule has 2 N–H and O–H groups in total. The molecule has 0 amide bonds. The molecule has 7 nitrogen and oxygen atoms in total. The Hall–Kier alpha value is -2.15. The van der Waals surface area contributed by atoms with Gasteiger partial charge in [-0.15, -0.1) is 0 Å². The second kappa shape index (κ2) is 11.4. The summed E-state index contributed by atoms with van der Waals surface area (Å²) in [5.41, 5.74) is 0.864. The van der Waals surface area contributed by atoms with Gasteiger partial charge in [-0.1, -0.05) is 0 Å². The number of hydrogen-bond acceptors (Lipinski definition) is 5. The van der Waals surface area contributed by atoms with E-state index in [4.69, 9.17) is 18.9 Å². The van der Waals surface area contributed by atoms with E-state index in [0.717, 1.165) is 18.1 Å². The molecule has 0 aliphatic rings. The van der Waals surface area contributed by atoms with Gasteiger partial charge in [0.15, 0.2) is 5.96 Å². The van der Waals surface area contributed by atoms with Crippen LogP contribution in [0.2, 0.25) is 0 Å². The maximum absolute atomic E-state index is 5.45. The van der Waals surface area contributed by atoms with Crippen LogP contribution in [0.1, 0.15) is 19.4 Å². The minimum atomic E-state index is 0.417. The number of nitrogens with one attached hydrogen (secondary N) is 2. The van der Waals surface area contributed by atoms with E-state index >= 15 is 0 Å². The highest BCUT2D eigenvalue weighted by molar-refractivity contribution is 5.79. The molecule has 0 radical (unpaired) electrons. The molecule has 136 valence electrons. The molecule has 0 atom stereocenters. The zero-order chi connectivity index (χ0) is 17.8. The molecule has 0 aromatic heterocycles. The molecular weight excluding hydrogens is 310 g/mol. The van der Waals surface area contributed by atoms with Crippen molar-refractivity contribution >= 4 is 5.96 Å². The maximum Gasteiger partial charge on any atom is 0.191 e. The lowest BCUT2D eigenvalue weighted by molar-refractivity contribution is 0.152. The summed E-state index contributed by atoms with van der Waals surface area (Å²) in [5.74, 6) is 2.76. The summed E-state index contributed by atoms with van der Waals surface area (Å²) in [6.45, 7) is 7.22. The summed E-state index contributed by atoms with van der Waals surface area (Å²) < 4.78 is 21.5. The van der Waals surface area contributed by atoms with Crippen molar-refractivity contribution in [3.8, 4) is 17.2 Å². The first kappa shape index (κ1) is 19.9. The van der Waals surface area contributed by atoms with Gasteiger partial charge in [0, 0.05) is 31.8 Å². The fourth-order valence-electron chi connectivity index (χ4n) is 2.12. The van der Waals surface area contributed by atoms with Crippen LogP contribution in [0.4, 0.5) is 0 Å². The smallest absolute Gasteiger partial charge is 0.191 e. The van der Waals surface area contributed by atoms with Crippen molar-refractivity contribution in [2.45, 2.75) is 20.4 Å². The van der Waals surface area contributed by atoms with Gasteiger partial charge in [0.2, 0.25) is 0 Å². The lowest BCUT2D eigenvalue weighted by Gasteiger charge is -2.15. The number of ether oxygens (including phenoxy) is 4. The Morgan fingerprint density at radius 2 is 1.67 bits per heavy atom. The van der Waals surface area contributed by atoms with Crippen molar-refractivity contribution in [2.24, 2.45) is 4.99 Å². The molecule has 0 heterocycles. The van der Waals surface area contributed by atoms with Crippen LogP contribution in [0.3, 0.4) is 0 Å². The van der Waals surface area contributed by atoms with Crippen LogP contribution in [-0.4, -0.2) is 53.6 Å². The Labute approximate surface area is 144 Å².